The minimum absolute atomic E-state index is 0.364. The van der Waals surface area contributed by atoms with E-state index >= 15 is 0 Å². The van der Waals surface area contributed by atoms with E-state index in [-0.39, 0.29) is 0 Å². The average molecular weight is 353 g/mol. The third-order valence-electron chi connectivity index (χ3n) is 5.16. The van der Waals surface area contributed by atoms with Gasteiger partial charge in [-0.05, 0) is 58.3 Å². The quantitative estimate of drug-likeness (QED) is 0.893. The first-order valence-corrected chi connectivity index (χ1v) is 8.73. The molecule has 1 heterocycles. The van der Waals surface area contributed by atoms with Crippen LogP contribution in [0.15, 0.2) is 22.7 Å². The van der Waals surface area contributed by atoms with E-state index in [9.17, 15) is 0 Å². The highest BCUT2D eigenvalue weighted by atomic mass is 79.9. The van der Waals surface area contributed by atoms with Crippen molar-refractivity contribution in [3.63, 3.8) is 0 Å². The van der Waals surface area contributed by atoms with Crippen LogP contribution in [0.5, 0.6) is 5.75 Å². The van der Waals surface area contributed by atoms with Gasteiger partial charge < -0.3 is 15.0 Å². The Labute approximate surface area is 136 Å². The highest BCUT2D eigenvalue weighted by Crippen LogP contribution is 2.38. The van der Waals surface area contributed by atoms with Crippen molar-refractivity contribution in [3.05, 3.63) is 28.2 Å². The van der Waals surface area contributed by atoms with Crippen LogP contribution in [0.25, 0.3) is 0 Å². The van der Waals surface area contributed by atoms with Crippen LogP contribution in [0.1, 0.15) is 43.7 Å². The van der Waals surface area contributed by atoms with Crippen LogP contribution in [0.3, 0.4) is 0 Å². The lowest BCUT2D eigenvalue weighted by Crippen LogP contribution is -2.56. The Morgan fingerprint density at radius 1 is 1.33 bits per heavy atom. The van der Waals surface area contributed by atoms with Crippen LogP contribution in [-0.4, -0.2) is 37.7 Å². The molecule has 0 bridgehead atoms. The van der Waals surface area contributed by atoms with Crippen LogP contribution < -0.4 is 10.1 Å². The van der Waals surface area contributed by atoms with Gasteiger partial charge in [0.05, 0.1) is 6.61 Å². The first-order chi connectivity index (χ1) is 10.1. The van der Waals surface area contributed by atoms with E-state index in [1.807, 2.05) is 0 Å². The molecule has 1 unspecified atom stereocenters. The number of halogens is 1. The van der Waals surface area contributed by atoms with Crippen LogP contribution in [0, 0.1) is 0 Å². The number of likely N-dealkylation sites (N-methyl/N-ethyl adjacent to an activating group) is 1. The van der Waals surface area contributed by atoms with Crippen molar-refractivity contribution in [2.75, 3.05) is 27.2 Å². The molecule has 1 saturated carbocycles. The zero-order chi connectivity index (χ0) is 14.9. The summed E-state index contributed by atoms with van der Waals surface area (Å²) in [6.07, 6.45) is 6.24. The number of ether oxygens (including phenoxy) is 1. The van der Waals surface area contributed by atoms with E-state index in [0.717, 1.165) is 36.2 Å². The largest absolute Gasteiger partial charge is 0.493 e. The van der Waals surface area contributed by atoms with E-state index in [2.05, 4.69) is 58.4 Å². The van der Waals surface area contributed by atoms with Gasteiger partial charge in [-0.25, -0.2) is 0 Å². The first kappa shape index (κ1) is 15.3. The predicted molar refractivity (Wildman–Crippen MR) is 89.9 cm³/mol. The lowest BCUT2D eigenvalue weighted by atomic mass is 9.75. The van der Waals surface area contributed by atoms with Gasteiger partial charge >= 0.3 is 0 Å². The molecule has 0 amide bonds. The number of nitrogens with one attached hydrogen (secondary N) is 1. The summed E-state index contributed by atoms with van der Waals surface area (Å²) in [5.74, 6) is 1.03. The maximum atomic E-state index is 5.90. The van der Waals surface area contributed by atoms with Crippen molar-refractivity contribution in [2.24, 2.45) is 0 Å². The molecule has 1 aromatic rings. The molecule has 1 atom stereocenters. The van der Waals surface area contributed by atoms with Crippen molar-refractivity contribution >= 4 is 15.9 Å². The average Bonchev–Trinajstić information content (AvgIpc) is 2.59. The van der Waals surface area contributed by atoms with Crippen molar-refractivity contribution in [1.82, 2.24) is 10.2 Å². The van der Waals surface area contributed by atoms with Crippen molar-refractivity contribution in [2.45, 2.75) is 43.7 Å². The maximum absolute atomic E-state index is 5.90. The SMILES string of the molecule is CN(C)C1(CNC2CCCOc3cc(Br)ccc32)CCC1. The molecule has 1 aliphatic carbocycles. The molecule has 2 aliphatic rings. The molecule has 1 aromatic carbocycles. The van der Waals surface area contributed by atoms with Crippen LogP contribution in [0.2, 0.25) is 0 Å². The van der Waals surface area contributed by atoms with Crippen molar-refractivity contribution in [3.8, 4) is 5.75 Å². The zero-order valence-electron chi connectivity index (χ0n) is 13.0. The molecule has 0 radical (unpaired) electrons. The van der Waals surface area contributed by atoms with E-state index in [1.165, 1.54) is 24.8 Å². The Hall–Kier alpha value is -0.580. The van der Waals surface area contributed by atoms with Gasteiger partial charge in [0.1, 0.15) is 5.75 Å². The molecule has 0 spiro atoms. The predicted octanol–water partition coefficient (Wildman–Crippen LogP) is 3.74. The number of fused-ring (bicyclic) bond motifs is 1. The molecule has 116 valence electrons. The minimum atomic E-state index is 0.364. The number of hydrogen-bond acceptors (Lipinski definition) is 3. The van der Waals surface area contributed by atoms with Gasteiger partial charge in [0, 0.05) is 28.2 Å². The summed E-state index contributed by atoms with van der Waals surface area (Å²) < 4.78 is 6.99. The summed E-state index contributed by atoms with van der Waals surface area (Å²) in [6.45, 7) is 1.89. The normalized spacial score (nSPS) is 23.9. The van der Waals surface area contributed by atoms with Crippen LogP contribution in [-0.2, 0) is 0 Å². The monoisotopic (exact) mass is 352 g/mol. The van der Waals surface area contributed by atoms with Crippen molar-refractivity contribution < 1.29 is 4.74 Å². The summed E-state index contributed by atoms with van der Waals surface area (Å²) in [4.78, 5) is 2.40. The second-order valence-corrected chi connectivity index (χ2v) is 7.49. The Morgan fingerprint density at radius 3 is 2.81 bits per heavy atom. The Morgan fingerprint density at radius 2 is 2.14 bits per heavy atom. The van der Waals surface area contributed by atoms with Crippen molar-refractivity contribution in [1.29, 1.82) is 0 Å². The lowest BCUT2D eigenvalue weighted by Gasteiger charge is -2.48. The molecular formula is C17H25BrN2O. The molecule has 21 heavy (non-hydrogen) atoms. The van der Waals surface area contributed by atoms with E-state index in [1.54, 1.807) is 0 Å². The Balaban J connectivity index is 1.74. The van der Waals surface area contributed by atoms with Gasteiger partial charge in [0.25, 0.3) is 0 Å². The smallest absolute Gasteiger partial charge is 0.125 e. The first-order valence-electron chi connectivity index (χ1n) is 7.94. The van der Waals surface area contributed by atoms with Crippen LogP contribution in [0.4, 0.5) is 0 Å². The minimum Gasteiger partial charge on any atom is -0.493 e. The summed E-state index contributed by atoms with van der Waals surface area (Å²) >= 11 is 3.54. The number of rotatable bonds is 4. The van der Waals surface area contributed by atoms with Gasteiger partial charge in [-0.1, -0.05) is 22.0 Å². The van der Waals surface area contributed by atoms with Gasteiger partial charge in [0.15, 0.2) is 0 Å². The summed E-state index contributed by atoms with van der Waals surface area (Å²) in [7, 11) is 4.42. The fraction of sp³-hybridized carbons (Fsp3) is 0.647. The third-order valence-corrected chi connectivity index (χ3v) is 5.65. The molecule has 3 rings (SSSR count). The highest BCUT2D eigenvalue weighted by Gasteiger charge is 2.39. The number of hydrogen-bond donors (Lipinski definition) is 1. The second-order valence-electron chi connectivity index (χ2n) is 6.58. The van der Waals surface area contributed by atoms with Gasteiger partial charge in [-0.2, -0.15) is 0 Å². The zero-order valence-corrected chi connectivity index (χ0v) is 14.6. The Kier molecular flexibility index (Phi) is 4.57. The fourth-order valence-electron chi connectivity index (χ4n) is 3.44. The van der Waals surface area contributed by atoms with Crippen LogP contribution >= 0.6 is 15.9 Å². The summed E-state index contributed by atoms with van der Waals surface area (Å²) in [6, 6.07) is 6.83. The van der Waals surface area contributed by atoms with E-state index in [4.69, 9.17) is 4.74 Å². The Bertz CT molecular complexity index is 500. The summed E-state index contributed by atoms with van der Waals surface area (Å²) in [5.41, 5.74) is 1.67. The summed E-state index contributed by atoms with van der Waals surface area (Å²) in [5, 5.41) is 3.82. The fourth-order valence-corrected chi connectivity index (χ4v) is 3.78. The molecular weight excluding hydrogens is 328 g/mol. The third kappa shape index (κ3) is 3.13. The number of benzene rings is 1. The maximum Gasteiger partial charge on any atom is 0.125 e. The molecule has 1 aliphatic heterocycles. The van der Waals surface area contributed by atoms with E-state index in [0.29, 0.717) is 11.6 Å². The molecule has 4 heteroatoms. The van der Waals surface area contributed by atoms with E-state index < -0.39 is 0 Å². The molecule has 1 N–H and O–H groups in total. The molecule has 0 saturated heterocycles. The lowest BCUT2D eigenvalue weighted by molar-refractivity contribution is 0.0567. The van der Waals surface area contributed by atoms with Gasteiger partial charge in [-0.3, -0.25) is 0 Å². The molecule has 1 fully saturated rings. The van der Waals surface area contributed by atoms with Gasteiger partial charge in [0.2, 0.25) is 0 Å². The topological polar surface area (TPSA) is 24.5 Å². The molecule has 0 aromatic heterocycles. The number of nitrogens with zero attached hydrogens (tertiary/aromatic N) is 1. The standard InChI is InChI=1S/C17H25BrN2O/c1-20(2)17(8-4-9-17)12-19-15-5-3-10-21-16-11-13(18)6-7-14(15)16/h6-7,11,15,19H,3-5,8-10,12H2,1-2H3. The second kappa shape index (κ2) is 6.27. The van der Waals surface area contributed by atoms with Gasteiger partial charge in [-0.15, -0.1) is 0 Å². The molecule has 3 nitrogen and oxygen atoms in total. The highest BCUT2D eigenvalue weighted by molar-refractivity contribution is 9.10.